The van der Waals surface area contributed by atoms with Crippen LogP contribution in [0.15, 0.2) is 42.5 Å². The molecular weight excluding hydrogens is 308 g/mol. The standard InChI is InChI=1S/C23H26O2/c1-3-16(2)22(24)25-23(12-6-7-13-23)19-10-11-21-18(15-19)14-17-8-4-5-9-20(17)21/h4-5,8-11,15-16H,3,6-7,12-14H2,1-2H3. The van der Waals surface area contributed by atoms with Crippen LogP contribution in [0, 0.1) is 5.92 Å². The van der Waals surface area contributed by atoms with E-state index in [0.717, 1.165) is 38.5 Å². The first-order chi connectivity index (χ1) is 12.1. The average molecular weight is 334 g/mol. The highest BCUT2D eigenvalue weighted by Crippen LogP contribution is 2.45. The van der Waals surface area contributed by atoms with Crippen molar-refractivity contribution in [3.05, 3.63) is 59.2 Å². The van der Waals surface area contributed by atoms with Crippen molar-refractivity contribution in [2.45, 2.75) is 58.0 Å². The van der Waals surface area contributed by atoms with Crippen LogP contribution in [0.3, 0.4) is 0 Å². The third-order valence-electron chi connectivity index (χ3n) is 6.04. The largest absolute Gasteiger partial charge is 0.454 e. The molecule has 2 heteroatoms. The molecule has 25 heavy (non-hydrogen) atoms. The minimum absolute atomic E-state index is 0.0313. The van der Waals surface area contributed by atoms with Crippen LogP contribution < -0.4 is 0 Å². The molecule has 2 aromatic rings. The number of hydrogen-bond acceptors (Lipinski definition) is 2. The number of carbonyl (C=O) groups is 1. The first-order valence-electron chi connectivity index (χ1n) is 9.57. The molecular formula is C23H26O2. The Bertz CT molecular complexity index is 799. The van der Waals surface area contributed by atoms with Crippen LogP contribution in [-0.2, 0) is 21.6 Å². The van der Waals surface area contributed by atoms with Crippen molar-refractivity contribution >= 4 is 5.97 Å². The van der Waals surface area contributed by atoms with E-state index in [-0.39, 0.29) is 11.9 Å². The van der Waals surface area contributed by atoms with Gasteiger partial charge in [-0.3, -0.25) is 4.79 Å². The second-order valence-electron chi connectivity index (χ2n) is 7.64. The highest BCUT2D eigenvalue weighted by molar-refractivity contribution is 5.77. The third-order valence-corrected chi connectivity index (χ3v) is 6.04. The van der Waals surface area contributed by atoms with Gasteiger partial charge in [0.05, 0.1) is 5.92 Å². The summed E-state index contributed by atoms with van der Waals surface area (Å²) in [5.41, 5.74) is 6.22. The molecule has 0 amide bonds. The van der Waals surface area contributed by atoms with Crippen LogP contribution in [0.1, 0.15) is 62.6 Å². The van der Waals surface area contributed by atoms with Crippen LogP contribution in [0.4, 0.5) is 0 Å². The van der Waals surface area contributed by atoms with E-state index in [1.165, 1.54) is 27.8 Å². The van der Waals surface area contributed by atoms with Gasteiger partial charge in [0.25, 0.3) is 0 Å². The van der Waals surface area contributed by atoms with Gasteiger partial charge in [0, 0.05) is 0 Å². The molecule has 0 saturated heterocycles. The fourth-order valence-corrected chi connectivity index (χ4v) is 4.28. The molecule has 0 heterocycles. The fourth-order valence-electron chi connectivity index (χ4n) is 4.28. The van der Waals surface area contributed by atoms with Crippen LogP contribution in [-0.4, -0.2) is 5.97 Å². The first kappa shape index (κ1) is 16.4. The molecule has 0 radical (unpaired) electrons. The monoisotopic (exact) mass is 334 g/mol. The van der Waals surface area contributed by atoms with Crippen molar-refractivity contribution in [3.8, 4) is 11.1 Å². The Hall–Kier alpha value is -2.09. The van der Waals surface area contributed by atoms with Crippen molar-refractivity contribution in [1.29, 1.82) is 0 Å². The molecule has 2 aliphatic rings. The Labute approximate surface area is 150 Å². The van der Waals surface area contributed by atoms with E-state index in [9.17, 15) is 4.79 Å². The van der Waals surface area contributed by atoms with Gasteiger partial charge in [-0.2, -0.15) is 0 Å². The van der Waals surface area contributed by atoms with Crippen LogP contribution in [0.2, 0.25) is 0 Å². The Kier molecular flexibility index (Phi) is 4.15. The molecule has 0 aromatic heterocycles. The Morgan fingerprint density at radius 3 is 2.56 bits per heavy atom. The summed E-state index contributed by atoms with van der Waals surface area (Å²) in [4.78, 5) is 12.5. The summed E-state index contributed by atoms with van der Waals surface area (Å²) in [6.07, 6.45) is 5.96. The Morgan fingerprint density at radius 1 is 1.08 bits per heavy atom. The summed E-state index contributed by atoms with van der Waals surface area (Å²) < 4.78 is 6.14. The maximum absolute atomic E-state index is 12.5. The number of esters is 1. The van der Waals surface area contributed by atoms with E-state index in [2.05, 4.69) is 42.5 Å². The van der Waals surface area contributed by atoms with Crippen molar-refractivity contribution in [2.75, 3.05) is 0 Å². The number of rotatable bonds is 4. The molecule has 0 N–H and O–H groups in total. The van der Waals surface area contributed by atoms with Crippen LogP contribution in [0.5, 0.6) is 0 Å². The maximum atomic E-state index is 12.5. The molecule has 0 spiro atoms. The summed E-state index contributed by atoms with van der Waals surface area (Å²) in [5.74, 6) is -0.0793. The second-order valence-corrected chi connectivity index (χ2v) is 7.64. The minimum atomic E-state index is -0.412. The normalized spacial score (nSPS) is 18.5. The van der Waals surface area contributed by atoms with Gasteiger partial charge < -0.3 is 4.74 Å². The average Bonchev–Trinajstić information content (AvgIpc) is 3.25. The van der Waals surface area contributed by atoms with E-state index >= 15 is 0 Å². The van der Waals surface area contributed by atoms with Gasteiger partial charge in [-0.15, -0.1) is 0 Å². The number of fused-ring (bicyclic) bond motifs is 3. The molecule has 2 nitrogen and oxygen atoms in total. The topological polar surface area (TPSA) is 26.3 Å². The molecule has 2 aromatic carbocycles. The molecule has 2 aliphatic carbocycles. The molecule has 4 rings (SSSR count). The summed E-state index contributed by atoms with van der Waals surface area (Å²) in [5, 5.41) is 0. The zero-order valence-electron chi connectivity index (χ0n) is 15.2. The van der Waals surface area contributed by atoms with Crippen molar-refractivity contribution < 1.29 is 9.53 Å². The Morgan fingerprint density at radius 2 is 1.80 bits per heavy atom. The van der Waals surface area contributed by atoms with E-state index in [1.807, 2.05) is 13.8 Å². The molecule has 1 atom stereocenters. The molecule has 1 saturated carbocycles. The smallest absolute Gasteiger partial charge is 0.309 e. The van der Waals surface area contributed by atoms with Crippen molar-refractivity contribution in [2.24, 2.45) is 5.92 Å². The summed E-state index contributed by atoms with van der Waals surface area (Å²) in [6.45, 7) is 4.00. The molecule has 130 valence electrons. The van der Waals surface area contributed by atoms with Crippen LogP contribution >= 0.6 is 0 Å². The van der Waals surface area contributed by atoms with Gasteiger partial charge in [-0.05, 0) is 66.3 Å². The van der Waals surface area contributed by atoms with E-state index in [4.69, 9.17) is 4.74 Å². The van der Waals surface area contributed by atoms with Crippen LogP contribution in [0.25, 0.3) is 11.1 Å². The van der Waals surface area contributed by atoms with E-state index in [1.54, 1.807) is 0 Å². The summed E-state index contributed by atoms with van der Waals surface area (Å²) >= 11 is 0. The zero-order valence-corrected chi connectivity index (χ0v) is 15.2. The third kappa shape index (κ3) is 2.78. The number of carbonyl (C=O) groups excluding carboxylic acids is 1. The van der Waals surface area contributed by atoms with Gasteiger partial charge in [0.2, 0.25) is 0 Å². The lowest BCUT2D eigenvalue weighted by atomic mass is 9.89. The molecule has 0 bridgehead atoms. The van der Waals surface area contributed by atoms with Gasteiger partial charge in [0.15, 0.2) is 0 Å². The lowest BCUT2D eigenvalue weighted by molar-refractivity contribution is -0.165. The second kappa shape index (κ2) is 6.33. The quantitative estimate of drug-likeness (QED) is 0.579. The molecule has 0 aliphatic heterocycles. The maximum Gasteiger partial charge on any atom is 0.309 e. The number of ether oxygens (including phenoxy) is 1. The lowest BCUT2D eigenvalue weighted by Gasteiger charge is -2.31. The fraction of sp³-hybridized carbons (Fsp3) is 0.435. The Balaban J connectivity index is 1.68. The SMILES string of the molecule is CCC(C)C(=O)OC1(c2ccc3c(c2)Cc2ccccc2-3)CCCC1. The molecule has 1 fully saturated rings. The van der Waals surface area contributed by atoms with Gasteiger partial charge in [-0.25, -0.2) is 0 Å². The van der Waals surface area contributed by atoms with E-state index in [0.29, 0.717) is 0 Å². The predicted molar refractivity (Wildman–Crippen MR) is 100 cm³/mol. The highest BCUT2D eigenvalue weighted by Gasteiger charge is 2.40. The summed E-state index contributed by atoms with van der Waals surface area (Å²) in [7, 11) is 0. The van der Waals surface area contributed by atoms with Crippen molar-refractivity contribution in [1.82, 2.24) is 0 Å². The summed E-state index contributed by atoms with van der Waals surface area (Å²) in [6, 6.07) is 15.3. The van der Waals surface area contributed by atoms with Crippen molar-refractivity contribution in [3.63, 3.8) is 0 Å². The zero-order chi connectivity index (χ0) is 17.4. The van der Waals surface area contributed by atoms with Gasteiger partial charge in [-0.1, -0.05) is 56.3 Å². The van der Waals surface area contributed by atoms with Gasteiger partial charge >= 0.3 is 5.97 Å². The lowest BCUT2D eigenvalue weighted by Crippen LogP contribution is -2.32. The highest BCUT2D eigenvalue weighted by atomic mass is 16.6. The number of hydrogen-bond donors (Lipinski definition) is 0. The number of benzene rings is 2. The minimum Gasteiger partial charge on any atom is -0.454 e. The van der Waals surface area contributed by atoms with Gasteiger partial charge in [0.1, 0.15) is 5.60 Å². The predicted octanol–water partition coefficient (Wildman–Crippen LogP) is 5.62. The first-order valence-corrected chi connectivity index (χ1v) is 9.57. The van der Waals surface area contributed by atoms with E-state index < -0.39 is 5.60 Å². The molecule has 1 unspecified atom stereocenters.